The number of halogens is 3. The van der Waals surface area contributed by atoms with Gasteiger partial charge in [-0.3, -0.25) is 9.48 Å². The highest BCUT2D eigenvalue weighted by Crippen LogP contribution is 2.21. The Kier molecular flexibility index (Phi) is 5.30. The van der Waals surface area contributed by atoms with Crippen LogP contribution in [0.25, 0.3) is 5.65 Å². The van der Waals surface area contributed by atoms with Crippen LogP contribution < -0.4 is 5.32 Å². The van der Waals surface area contributed by atoms with Gasteiger partial charge in [0.05, 0.1) is 16.4 Å². The molecule has 7 nitrogen and oxygen atoms in total. The maximum atomic E-state index is 13.1. The minimum Gasteiger partial charge on any atom is -0.352 e. The molecule has 0 aromatic carbocycles. The van der Waals surface area contributed by atoms with Crippen LogP contribution in [0.4, 0.5) is 8.78 Å². The number of carbonyl (C=O) groups is 1. The third-order valence-corrected chi connectivity index (χ3v) is 4.61. The average Bonchev–Trinajstić information content (AvgIpc) is 3.14. The molecule has 26 heavy (non-hydrogen) atoms. The van der Waals surface area contributed by atoms with E-state index in [0.29, 0.717) is 25.2 Å². The number of aromatic nitrogens is 5. The topological polar surface area (TPSA) is 77.1 Å². The zero-order chi connectivity index (χ0) is 18.8. The lowest BCUT2D eigenvalue weighted by Gasteiger charge is -2.07. The predicted octanol–water partition coefficient (Wildman–Crippen LogP) is 3.06. The lowest BCUT2D eigenvalue weighted by molar-refractivity contribution is 0.0953. The molecule has 1 N–H and O–H groups in total. The fourth-order valence-corrected chi connectivity index (χ4v) is 2.89. The number of hydrogen-bond donors (Lipinski definition) is 1. The van der Waals surface area contributed by atoms with E-state index in [2.05, 4.69) is 36.4 Å². The van der Waals surface area contributed by atoms with Crippen LogP contribution in [-0.2, 0) is 6.54 Å². The number of nitrogens with one attached hydrogen (secondary N) is 1. The molecular formula is C16H17BrF2N6O. The number of amides is 1. The van der Waals surface area contributed by atoms with E-state index in [0.717, 1.165) is 14.7 Å². The van der Waals surface area contributed by atoms with Crippen molar-refractivity contribution in [3.05, 3.63) is 45.6 Å². The van der Waals surface area contributed by atoms with Crippen LogP contribution in [-0.4, -0.2) is 36.8 Å². The first-order chi connectivity index (χ1) is 12.4. The summed E-state index contributed by atoms with van der Waals surface area (Å²) in [6, 6.07) is 1.26. The Morgan fingerprint density at radius 3 is 2.81 bits per heavy atom. The predicted molar refractivity (Wildman–Crippen MR) is 94.3 cm³/mol. The molecule has 0 aliphatic heterocycles. The molecule has 10 heteroatoms. The largest absolute Gasteiger partial charge is 0.352 e. The molecule has 3 heterocycles. The number of aryl methyl sites for hydroxylation is 3. The molecule has 0 aliphatic rings. The molecule has 138 valence electrons. The molecule has 3 aromatic heterocycles. The highest BCUT2D eigenvalue weighted by Gasteiger charge is 2.20. The molecule has 3 rings (SSSR count). The van der Waals surface area contributed by atoms with Gasteiger partial charge in [-0.25, -0.2) is 18.3 Å². The number of carbonyl (C=O) groups excluding carboxylic acids is 1. The fraction of sp³-hybridized carbons (Fsp3) is 0.375. The van der Waals surface area contributed by atoms with Crippen LogP contribution in [0.1, 0.15) is 40.3 Å². The smallest absolute Gasteiger partial charge is 0.280 e. The first-order valence-electron chi connectivity index (χ1n) is 7.98. The molecule has 3 aromatic rings. The van der Waals surface area contributed by atoms with Crippen molar-refractivity contribution in [1.82, 2.24) is 29.7 Å². The van der Waals surface area contributed by atoms with E-state index in [4.69, 9.17) is 0 Å². The number of alkyl halides is 2. The second-order valence-corrected chi connectivity index (χ2v) is 6.71. The van der Waals surface area contributed by atoms with Crippen molar-refractivity contribution in [2.75, 3.05) is 6.54 Å². The zero-order valence-corrected chi connectivity index (χ0v) is 15.8. The van der Waals surface area contributed by atoms with Gasteiger partial charge in [0.2, 0.25) is 0 Å². The highest BCUT2D eigenvalue weighted by molar-refractivity contribution is 9.10. The maximum Gasteiger partial charge on any atom is 0.280 e. The third-order valence-electron chi connectivity index (χ3n) is 3.83. The van der Waals surface area contributed by atoms with Crippen molar-refractivity contribution in [3.63, 3.8) is 0 Å². The highest BCUT2D eigenvalue weighted by atomic mass is 79.9. The van der Waals surface area contributed by atoms with Gasteiger partial charge in [-0.15, -0.1) is 0 Å². The van der Waals surface area contributed by atoms with Crippen LogP contribution in [0.3, 0.4) is 0 Å². The van der Waals surface area contributed by atoms with Crippen molar-refractivity contribution in [2.45, 2.75) is 33.2 Å². The second kappa shape index (κ2) is 7.48. The van der Waals surface area contributed by atoms with Gasteiger partial charge in [-0.2, -0.15) is 10.2 Å². The van der Waals surface area contributed by atoms with Gasteiger partial charge in [-0.1, -0.05) is 0 Å². The van der Waals surface area contributed by atoms with Crippen LogP contribution in [0.5, 0.6) is 0 Å². The lowest BCUT2D eigenvalue weighted by atomic mass is 10.3. The number of rotatable bonds is 6. The quantitative estimate of drug-likeness (QED) is 0.614. The summed E-state index contributed by atoms with van der Waals surface area (Å²) >= 11 is 3.40. The molecule has 0 unspecified atom stereocenters. The van der Waals surface area contributed by atoms with Crippen molar-refractivity contribution in [2.24, 2.45) is 0 Å². The van der Waals surface area contributed by atoms with Gasteiger partial charge >= 0.3 is 0 Å². The number of hydrogen-bond acceptors (Lipinski definition) is 4. The molecule has 0 radical (unpaired) electrons. The van der Waals surface area contributed by atoms with E-state index in [-0.39, 0.29) is 16.9 Å². The van der Waals surface area contributed by atoms with Crippen molar-refractivity contribution in [3.8, 4) is 0 Å². The van der Waals surface area contributed by atoms with E-state index in [1.807, 2.05) is 13.1 Å². The summed E-state index contributed by atoms with van der Waals surface area (Å²) < 4.78 is 30.0. The molecule has 1 amide bonds. The van der Waals surface area contributed by atoms with E-state index < -0.39 is 12.3 Å². The Labute approximate surface area is 156 Å². The molecule has 0 fully saturated rings. The van der Waals surface area contributed by atoms with Crippen LogP contribution >= 0.6 is 15.9 Å². The molecular weight excluding hydrogens is 410 g/mol. The summed E-state index contributed by atoms with van der Waals surface area (Å²) in [6.45, 7) is 4.57. The van der Waals surface area contributed by atoms with Gasteiger partial charge in [0.1, 0.15) is 11.3 Å². The number of fused-ring (bicyclic) bond motifs is 1. The van der Waals surface area contributed by atoms with Gasteiger partial charge < -0.3 is 5.32 Å². The third kappa shape index (κ3) is 3.74. The lowest BCUT2D eigenvalue weighted by Crippen LogP contribution is -2.25. The molecule has 0 bridgehead atoms. The minimum absolute atomic E-state index is 0.129. The van der Waals surface area contributed by atoms with Crippen LogP contribution in [0.2, 0.25) is 0 Å². The molecule has 0 saturated carbocycles. The zero-order valence-electron chi connectivity index (χ0n) is 14.2. The second-order valence-electron chi connectivity index (χ2n) is 5.85. The van der Waals surface area contributed by atoms with Gasteiger partial charge in [0.15, 0.2) is 5.65 Å². The molecule has 0 aliphatic carbocycles. The molecule has 0 saturated heterocycles. The van der Waals surface area contributed by atoms with Crippen LogP contribution in [0.15, 0.2) is 22.9 Å². The Hall–Kier alpha value is -2.36. The number of nitrogens with zero attached hydrogens (tertiary/aromatic N) is 5. The summed E-state index contributed by atoms with van der Waals surface area (Å²) in [6.07, 6.45) is 1.11. The van der Waals surface area contributed by atoms with E-state index in [1.54, 1.807) is 11.6 Å². The van der Waals surface area contributed by atoms with E-state index >= 15 is 0 Å². The Bertz CT molecular complexity index is 932. The normalized spacial score (nSPS) is 11.5. The first-order valence-corrected chi connectivity index (χ1v) is 8.77. The minimum atomic E-state index is -2.70. The van der Waals surface area contributed by atoms with Crippen molar-refractivity contribution in [1.29, 1.82) is 0 Å². The molecule has 0 spiro atoms. The average molecular weight is 427 g/mol. The van der Waals surface area contributed by atoms with Gasteiger partial charge in [0, 0.05) is 25.0 Å². The summed E-state index contributed by atoms with van der Waals surface area (Å²) in [4.78, 5) is 16.5. The van der Waals surface area contributed by atoms with Gasteiger partial charge in [-0.05, 0) is 42.3 Å². The summed E-state index contributed by atoms with van der Waals surface area (Å²) in [5.74, 6) is -0.392. The van der Waals surface area contributed by atoms with Gasteiger partial charge in [0.25, 0.3) is 12.3 Å². The van der Waals surface area contributed by atoms with E-state index in [9.17, 15) is 13.6 Å². The Morgan fingerprint density at radius 1 is 1.38 bits per heavy atom. The Morgan fingerprint density at radius 2 is 2.15 bits per heavy atom. The first kappa shape index (κ1) is 18.4. The van der Waals surface area contributed by atoms with Crippen molar-refractivity contribution >= 4 is 27.5 Å². The monoisotopic (exact) mass is 426 g/mol. The van der Waals surface area contributed by atoms with E-state index in [1.165, 1.54) is 12.3 Å². The molecule has 0 atom stereocenters. The summed E-state index contributed by atoms with van der Waals surface area (Å²) in [5, 5.41) is 11.0. The standard InChI is InChI=1S/C16H17BrF2N6O/c1-9-6-13(14(18)19)25-15(22-9)11(7-21-25)16(26)20-4-3-5-24-8-12(17)10(2)23-24/h6-8,14H,3-5H2,1-2H3,(H,20,26). The van der Waals surface area contributed by atoms with Crippen molar-refractivity contribution < 1.29 is 13.6 Å². The summed E-state index contributed by atoms with van der Waals surface area (Å²) in [5.41, 5.74) is 1.32. The fourth-order valence-electron chi connectivity index (χ4n) is 2.57. The SMILES string of the molecule is Cc1cc(C(F)F)n2ncc(C(=O)NCCCn3cc(Br)c(C)n3)c2n1. The Balaban J connectivity index is 1.66. The van der Waals surface area contributed by atoms with Crippen LogP contribution in [0, 0.1) is 13.8 Å². The maximum absolute atomic E-state index is 13.1. The summed E-state index contributed by atoms with van der Waals surface area (Å²) in [7, 11) is 0.